The van der Waals surface area contributed by atoms with Crippen LogP contribution < -0.4 is 5.73 Å². The number of carbonyl (C=O) groups excluding carboxylic acids is 2. The first kappa shape index (κ1) is 19.1. The number of nitrogens with two attached hydrogens (primary N) is 1. The molecule has 0 radical (unpaired) electrons. The summed E-state index contributed by atoms with van der Waals surface area (Å²) in [6.07, 6.45) is 3.00. The summed E-state index contributed by atoms with van der Waals surface area (Å²) >= 11 is 0. The number of primary amides is 1. The first-order valence-corrected chi connectivity index (χ1v) is 9.67. The van der Waals surface area contributed by atoms with Crippen molar-refractivity contribution in [3.05, 3.63) is 42.2 Å². The number of fused-ring (bicyclic) bond motifs is 1. The second kappa shape index (κ2) is 7.32. The molecule has 0 bridgehead atoms. The normalized spacial score (nSPS) is 20.3. The van der Waals surface area contributed by atoms with Crippen molar-refractivity contribution in [3.8, 4) is 11.5 Å². The Balaban J connectivity index is 1.80. The van der Waals surface area contributed by atoms with Gasteiger partial charge in [0.15, 0.2) is 17.1 Å². The van der Waals surface area contributed by atoms with E-state index in [4.69, 9.17) is 10.2 Å². The summed E-state index contributed by atoms with van der Waals surface area (Å²) in [5.41, 5.74) is 6.52. The second-order valence-electron chi connectivity index (χ2n) is 7.40. The minimum Gasteiger partial charge on any atom is -0.463 e. The number of nitrogens with zero attached hydrogens (tertiary/aromatic N) is 5. The van der Waals surface area contributed by atoms with Crippen LogP contribution in [0.4, 0.5) is 0 Å². The lowest BCUT2D eigenvalue weighted by molar-refractivity contribution is 0.0330. The molecule has 4 heterocycles. The Hall–Kier alpha value is -3.20. The van der Waals surface area contributed by atoms with Gasteiger partial charge in [-0.1, -0.05) is 6.92 Å². The smallest absolute Gasteiger partial charge is 0.272 e. The quantitative estimate of drug-likeness (QED) is 0.718. The van der Waals surface area contributed by atoms with Crippen LogP contribution in [0.25, 0.3) is 17.1 Å². The average molecular weight is 396 g/mol. The Morgan fingerprint density at radius 1 is 1.28 bits per heavy atom. The van der Waals surface area contributed by atoms with Gasteiger partial charge in [0.1, 0.15) is 12.0 Å². The lowest BCUT2D eigenvalue weighted by Crippen LogP contribution is -2.57. The number of carbonyl (C=O) groups is 2. The maximum absolute atomic E-state index is 13.4. The van der Waals surface area contributed by atoms with Gasteiger partial charge in [-0.15, -0.1) is 0 Å². The molecule has 0 saturated carbocycles. The zero-order valence-corrected chi connectivity index (χ0v) is 16.7. The lowest BCUT2D eigenvalue weighted by atomic mass is 10.1. The van der Waals surface area contributed by atoms with Gasteiger partial charge in [0.2, 0.25) is 0 Å². The summed E-state index contributed by atoms with van der Waals surface area (Å²) < 4.78 is 7.13. The Morgan fingerprint density at radius 2 is 2.07 bits per heavy atom. The number of furan rings is 1. The van der Waals surface area contributed by atoms with Gasteiger partial charge in [0.05, 0.1) is 12.0 Å². The minimum atomic E-state index is -0.700. The number of rotatable bonds is 4. The Morgan fingerprint density at radius 3 is 2.72 bits per heavy atom. The molecule has 1 aliphatic heterocycles. The molecule has 4 rings (SSSR count). The van der Waals surface area contributed by atoms with Crippen LogP contribution in [0.5, 0.6) is 0 Å². The van der Waals surface area contributed by atoms with E-state index in [1.807, 2.05) is 11.8 Å². The number of piperazine rings is 1. The van der Waals surface area contributed by atoms with Crippen molar-refractivity contribution in [2.45, 2.75) is 32.9 Å². The maximum Gasteiger partial charge on any atom is 0.272 e. The molecule has 2 atom stereocenters. The van der Waals surface area contributed by atoms with Crippen molar-refractivity contribution in [2.75, 3.05) is 19.6 Å². The molecule has 3 aromatic rings. The van der Waals surface area contributed by atoms with E-state index in [-0.39, 0.29) is 35.0 Å². The third kappa shape index (κ3) is 3.27. The Kier molecular flexibility index (Phi) is 4.83. The monoisotopic (exact) mass is 396 g/mol. The molecule has 1 saturated heterocycles. The van der Waals surface area contributed by atoms with E-state index >= 15 is 0 Å². The second-order valence-corrected chi connectivity index (χ2v) is 7.40. The first-order chi connectivity index (χ1) is 13.9. The van der Waals surface area contributed by atoms with Crippen LogP contribution in [-0.4, -0.2) is 67.7 Å². The van der Waals surface area contributed by atoms with Gasteiger partial charge in [-0.05, 0) is 38.6 Å². The molecule has 0 spiro atoms. The van der Waals surface area contributed by atoms with Gasteiger partial charge in [0.25, 0.3) is 11.8 Å². The summed E-state index contributed by atoms with van der Waals surface area (Å²) in [7, 11) is 0. The van der Waals surface area contributed by atoms with Crippen molar-refractivity contribution in [1.82, 2.24) is 24.2 Å². The molecular weight excluding hydrogens is 372 g/mol. The summed E-state index contributed by atoms with van der Waals surface area (Å²) in [5, 5.41) is 0. The van der Waals surface area contributed by atoms with Crippen LogP contribution in [0.1, 0.15) is 41.7 Å². The van der Waals surface area contributed by atoms with Crippen molar-refractivity contribution < 1.29 is 14.0 Å². The predicted octanol–water partition coefficient (Wildman–Crippen LogP) is 1.64. The van der Waals surface area contributed by atoms with Crippen LogP contribution in [0.15, 0.2) is 35.2 Å². The number of hydrogen-bond donors (Lipinski definition) is 1. The molecule has 2 amide bonds. The van der Waals surface area contributed by atoms with Gasteiger partial charge in [-0.2, -0.15) is 0 Å². The molecule has 1 aliphatic rings. The first-order valence-electron chi connectivity index (χ1n) is 9.67. The van der Waals surface area contributed by atoms with Crippen molar-refractivity contribution in [3.63, 3.8) is 0 Å². The van der Waals surface area contributed by atoms with Gasteiger partial charge in [-0.25, -0.2) is 9.97 Å². The molecule has 9 heteroatoms. The maximum atomic E-state index is 13.4. The van der Waals surface area contributed by atoms with Gasteiger partial charge < -0.3 is 15.1 Å². The predicted molar refractivity (Wildman–Crippen MR) is 106 cm³/mol. The minimum absolute atomic E-state index is 0.0182. The van der Waals surface area contributed by atoms with Gasteiger partial charge >= 0.3 is 0 Å². The number of imidazole rings is 1. The fourth-order valence-electron chi connectivity index (χ4n) is 3.94. The SMILES string of the molecule is CCN1CC(C)N(C(=O)c2cc(-c3ccco3)n3cnc(C(N)=O)c3n2)CC1C. The van der Waals surface area contributed by atoms with Crippen LogP contribution in [0.2, 0.25) is 0 Å². The highest BCUT2D eigenvalue weighted by Crippen LogP contribution is 2.25. The fraction of sp³-hybridized carbons (Fsp3) is 0.400. The van der Waals surface area contributed by atoms with E-state index in [1.165, 1.54) is 6.33 Å². The molecule has 2 unspecified atom stereocenters. The van der Waals surface area contributed by atoms with Crippen LogP contribution in [0, 0.1) is 0 Å². The van der Waals surface area contributed by atoms with Gasteiger partial charge in [0, 0.05) is 25.2 Å². The number of likely N-dealkylation sites (N-methyl/N-ethyl adjacent to an activating group) is 1. The molecule has 3 aromatic heterocycles. The van der Waals surface area contributed by atoms with E-state index in [9.17, 15) is 9.59 Å². The summed E-state index contributed by atoms with van der Waals surface area (Å²) in [5.74, 6) is -0.349. The summed E-state index contributed by atoms with van der Waals surface area (Å²) in [6, 6.07) is 5.50. The van der Waals surface area contributed by atoms with Crippen LogP contribution in [-0.2, 0) is 0 Å². The zero-order chi connectivity index (χ0) is 20.7. The molecule has 0 aromatic carbocycles. The Labute approximate surface area is 168 Å². The van der Waals surface area contributed by atoms with Crippen molar-refractivity contribution in [1.29, 1.82) is 0 Å². The topological polar surface area (TPSA) is 110 Å². The standard InChI is InChI=1S/C20H24N6O3/c1-4-24-9-13(3)25(10-12(24)2)20(28)14-8-15(16-6-5-7-29-16)26-11-22-17(18(21)27)19(26)23-14/h5-8,11-13H,4,9-10H2,1-3H3,(H2,21,27). The molecular formula is C20H24N6O3. The van der Waals surface area contributed by atoms with Gasteiger partial charge in [-0.3, -0.25) is 18.9 Å². The van der Waals surface area contributed by atoms with Crippen LogP contribution >= 0.6 is 0 Å². The highest BCUT2D eigenvalue weighted by molar-refractivity contribution is 5.99. The molecule has 2 N–H and O–H groups in total. The zero-order valence-electron chi connectivity index (χ0n) is 16.7. The highest BCUT2D eigenvalue weighted by atomic mass is 16.3. The Bertz CT molecular complexity index is 1060. The van der Waals surface area contributed by atoms with Crippen LogP contribution in [0.3, 0.4) is 0 Å². The van der Waals surface area contributed by atoms with Crippen molar-refractivity contribution >= 4 is 17.5 Å². The molecule has 9 nitrogen and oxygen atoms in total. The van der Waals surface area contributed by atoms with E-state index in [2.05, 4.69) is 28.7 Å². The third-order valence-corrected chi connectivity index (χ3v) is 5.51. The molecule has 0 aliphatic carbocycles. The highest BCUT2D eigenvalue weighted by Gasteiger charge is 2.33. The van der Waals surface area contributed by atoms with E-state index in [1.54, 1.807) is 28.9 Å². The average Bonchev–Trinajstić information content (AvgIpc) is 3.37. The molecule has 29 heavy (non-hydrogen) atoms. The largest absolute Gasteiger partial charge is 0.463 e. The number of hydrogen-bond acceptors (Lipinski definition) is 6. The fourth-order valence-corrected chi connectivity index (χ4v) is 3.94. The molecule has 1 fully saturated rings. The number of aromatic nitrogens is 3. The lowest BCUT2D eigenvalue weighted by Gasteiger charge is -2.43. The van der Waals surface area contributed by atoms with E-state index in [0.29, 0.717) is 18.0 Å². The number of amides is 2. The van der Waals surface area contributed by atoms with E-state index in [0.717, 1.165) is 13.1 Å². The third-order valence-electron chi connectivity index (χ3n) is 5.51. The molecule has 152 valence electrons. The summed E-state index contributed by atoms with van der Waals surface area (Å²) in [4.78, 5) is 37.9. The summed E-state index contributed by atoms with van der Waals surface area (Å²) in [6.45, 7) is 8.62. The van der Waals surface area contributed by atoms with Crippen molar-refractivity contribution in [2.24, 2.45) is 5.73 Å². The van der Waals surface area contributed by atoms with E-state index < -0.39 is 5.91 Å².